The van der Waals surface area contributed by atoms with Crippen molar-refractivity contribution in [3.8, 4) is 5.75 Å². The molecule has 1 rings (SSSR count). The molecule has 0 saturated heterocycles. The molecule has 28 heavy (non-hydrogen) atoms. The van der Waals surface area contributed by atoms with Crippen molar-refractivity contribution in [2.24, 2.45) is 16.2 Å². The summed E-state index contributed by atoms with van der Waals surface area (Å²) >= 11 is 0. The summed E-state index contributed by atoms with van der Waals surface area (Å²) in [5, 5.41) is 0. The number of rotatable bonds is 4. The molecule has 0 spiro atoms. The maximum Gasteiger partial charge on any atom is 0.126 e. The third-order valence-corrected chi connectivity index (χ3v) is 5.69. The number of ether oxygens (including phenoxy) is 1. The highest BCUT2D eigenvalue weighted by molar-refractivity contribution is 5.48. The molecule has 0 saturated carbocycles. The van der Waals surface area contributed by atoms with E-state index in [2.05, 4.69) is 109 Å². The molecule has 0 N–H and O–H groups in total. The normalized spacial score (nSPS) is 14.4. The van der Waals surface area contributed by atoms with Crippen molar-refractivity contribution in [2.75, 3.05) is 0 Å². The molecule has 0 aliphatic rings. The van der Waals surface area contributed by atoms with Gasteiger partial charge in [-0.05, 0) is 72.0 Å². The fourth-order valence-electron chi connectivity index (χ4n) is 3.39. The van der Waals surface area contributed by atoms with Crippen LogP contribution in [0.2, 0.25) is 0 Å². The second-order valence-corrected chi connectivity index (χ2v) is 13.7. The van der Waals surface area contributed by atoms with E-state index in [1.807, 2.05) is 0 Å². The molecule has 0 aliphatic heterocycles. The van der Waals surface area contributed by atoms with Gasteiger partial charge in [0.15, 0.2) is 0 Å². The first kappa shape index (κ1) is 25.1. The van der Waals surface area contributed by atoms with Crippen molar-refractivity contribution in [3.63, 3.8) is 0 Å². The Kier molecular flexibility index (Phi) is 6.88. The second kappa shape index (κ2) is 7.69. The predicted octanol–water partition coefficient (Wildman–Crippen LogP) is 8.36. The van der Waals surface area contributed by atoms with Crippen molar-refractivity contribution < 1.29 is 4.74 Å². The van der Waals surface area contributed by atoms with Crippen LogP contribution in [-0.2, 0) is 18.3 Å². The Bertz CT molecular complexity index is 627. The molecule has 0 bridgehead atoms. The monoisotopic (exact) mass is 388 g/mol. The second-order valence-electron chi connectivity index (χ2n) is 13.7. The van der Waals surface area contributed by atoms with Crippen molar-refractivity contribution in [1.29, 1.82) is 0 Å². The number of benzene rings is 1. The standard InChI is InChI=1S/C27H48O/c1-23(2,3)17-19-15-21(27(13,14)25(7,8)9)16-20(18-24(4,5)6)22(19)28-26(10,11)12/h15-16H,17-18H2,1-14H3. The van der Waals surface area contributed by atoms with Gasteiger partial charge in [0.1, 0.15) is 11.4 Å². The van der Waals surface area contributed by atoms with E-state index >= 15 is 0 Å². The molecular formula is C27H48O. The van der Waals surface area contributed by atoms with E-state index in [9.17, 15) is 0 Å². The first-order valence-corrected chi connectivity index (χ1v) is 11.0. The molecule has 0 unspecified atom stereocenters. The lowest BCUT2D eigenvalue weighted by atomic mass is 9.64. The van der Waals surface area contributed by atoms with E-state index < -0.39 is 0 Å². The van der Waals surface area contributed by atoms with Gasteiger partial charge in [-0.3, -0.25) is 0 Å². The van der Waals surface area contributed by atoms with Crippen LogP contribution in [0.4, 0.5) is 0 Å². The highest BCUT2D eigenvalue weighted by atomic mass is 16.5. The van der Waals surface area contributed by atoms with Crippen LogP contribution in [-0.4, -0.2) is 5.60 Å². The van der Waals surface area contributed by atoms with E-state index in [1.165, 1.54) is 16.7 Å². The largest absolute Gasteiger partial charge is 0.488 e. The maximum absolute atomic E-state index is 6.61. The minimum Gasteiger partial charge on any atom is -0.488 e. The Morgan fingerprint density at radius 3 is 1.21 bits per heavy atom. The molecule has 0 fully saturated rings. The molecule has 1 nitrogen and oxygen atoms in total. The third kappa shape index (κ3) is 7.12. The van der Waals surface area contributed by atoms with Gasteiger partial charge in [-0.2, -0.15) is 0 Å². The number of hydrogen-bond donors (Lipinski definition) is 0. The van der Waals surface area contributed by atoms with Crippen LogP contribution in [0.1, 0.15) is 114 Å². The fourth-order valence-corrected chi connectivity index (χ4v) is 3.39. The van der Waals surface area contributed by atoms with Crippen LogP contribution in [0.15, 0.2) is 12.1 Å². The summed E-state index contributed by atoms with van der Waals surface area (Å²) in [5.74, 6) is 1.12. The highest BCUT2D eigenvalue weighted by Gasteiger charge is 2.36. The average Bonchev–Trinajstić information content (AvgIpc) is 2.35. The molecule has 0 heterocycles. The molecule has 1 aromatic rings. The van der Waals surface area contributed by atoms with Crippen LogP contribution >= 0.6 is 0 Å². The molecule has 0 atom stereocenters. The Morgan fingerprint density at radius 2 is 0.964 bits per heavy atom. The summed E-state index contributed by atoms with van der Waals surface area (Å²) in [6.45, 7) is 32.2. The zero-order chi connectivity index (χ0) is 22.3. The topological polar surface area (TPSA) is 9.23 Å². The SMILES string of the molecule is CC(C)(C)Cc1cc(C(C)(C)C(C)(C)C)cc(CC(C)(C)C)c1OC(C)(C)C. The maximum atomic E-state index is 6.61. The fraction of sp³-hybridized carbons (Fsp3) is 0.778. The van der Waals surface area contributed by atoms with E-state index in [0.29, 0.717) is 0 Å². The van der Waals surface area contributed by atoms with E-state index in [-0.39, 0.29) is 27.3 Å². The Balaban J connectivity index is 3.80. The lowest BCUT2D eigenvalue weighted by Gasteiger charge is -2.41. The van der Waals surface area contributed by atoms with Crippen LogP contribution < -0.4 is 4.74 Å². The van der Waals surface area contributed by atoms with Crippen LogP contribution in [0.3, 0.4) is 0 Å². The number of hydrogen-bond acceptors (Lipinski definition) is 1. The van der Waals surface area contributed by atoms with Crippen LogP contribution in [0.5, 0.6) is 5.75 Å². The predicted molar refractivity (Wildman–Crippen MR) is 126 cm³/mol. The van der Waals surface area contributed by atoms with Gasteiger partial charge in [0.2, 0.25) is 0 Å². The smallest absolute Gasteiger partial charge is 0.126 e. The van der Waals surface area contributed by atoms with Gasteiger partial charge in [-0.1, -0.05) is 88.3 Å². The van der Waals surface area contributed by atoms with Gasteiger partial charge in [0.05, 0.1) is 0 Å². The molecule has 0 amide bonds. The zero-order valence-electron chi connectivity index (χ0n) is 21.5. The van der Waals surface area contributed by atoms with Crippen molar-refractivity contribution in [1.82, 2.24) is 0 Å². The molecule has 0 radical (unpaired) electrons. The summed E-state index contributed by atoms with van der Waals surface area (Å²) in [7, 11) is 0. The lowest BCUT2D eigenvalue weighted by molar-refractivity contribution is 0.125. The molecule has 0 aliphatic carbocycles. The molecule has 0 aromatic heterocycles. The summed E-state index contributed by atoms with van der Waals surface area (Å²) in [6.07, 6.45) is 2.03. The highest BCUT2D eigenvalue weighted by Crippen LogP contribution is 2.45. The average molecular weight is 389 g/mol. The molecule has 162 valence electrons. The van der Waals surface area contributed by atoms with Gasteiger partial charge in [0.25, 0.3) is 0 Å². The molecule has 1 heteroatoms. The van der Waals surface area contributed by atoms with Gasteiger partial charge >= 0.3 is 0 Å². The van der Waals surface area contributed by atoms with Gasteiger partial charge in [-0.15, -0.1) is 0 Å². The van der Waals surface area contributed by atoms with Crippen LogP contribution in [0, 0.1) is 16.2 Å². The van der Waals surface area contributed by atoms with Crippen molar-refractivity contribution >= 4 is 0 Å². The van der Waals surface area contributed by atoms with E-state index in [4.69, 9.17) is 4.74 Å². The molecule has 1 aromatic carbocycles. The summed E-state index contributed by atoms with van der Waals surface area (Å²) < 4.78 is 6.61. The zero-order valence-corrected chi connectivity index (χ0v) is 21.5. The Morgan fingerprint density at radius 1 is 0.607 bits per heavy atom. The summed E-state index contributed by atoms with van der Waals surface area (Å²) in [4.78, 5) is 0. The first-order chi connectivity index (χ1) is 12.1. The van der Waals surface area contributed by atoms with Gasteiger partial charge < -0.3 is 4.74 Å². The first-order valence-electron chi connectivity index (χ1n) is 11.0. The summed E-state index contributed by atoms with van der Waals surface area (Å²) in [6, 6.07) is 4.87. The summed E-state index contributed by atoms with van der Waals surface area (Å²) in [5.41, 5.74) is 4.61. The van der Waals surface area contributed by atoms with Gasteiger partial charge in [-0.25, -0.2) is 0 Å². The van der Waals surface area contributed by atoms with E-state index in [1.54, 1.807) is 0 Å². The Labute approximate surface area is 176 Å². The minimum atomic E-state index is -0.208. The third-order valence-electron chi connectivity index (χ3n) is 5.69. The lowest BCUT2D eigenvalue weighted by Crippen LogP contribution is -2.34. The van der Waals surface area contributed by atoms with Crippen LogP contribution in [0.25, 0.3) is 0 Å². The quantitative estimate of drug-likeness (QED) is 0.503. The van der Waals surface area contributed by atoms with E-state index in [0.717, 1.165) is 18.6 Å². The Hall–Kier alpha value is -0.980. The van der Waals surface area contributed by atoms with Crippen molar-refractivity contribution in [2.45, 2.75) is 121 Å². The van der Waals surface area contributed by atoms with Gasteiger partial charge in [0, 0.05) is 0 Å². The molecular weight excluding hydrogens is 340 g/mol. The minimum absolute atomic E-state index is 0.0759. The van der Waals surface area contributed by atoms with Crippen molar-refractivity contribution in [3.05, 3.63) is 28.8 Å².